The highest BCUT2D eigenvalue weighted by atomic mass is 16.4. The Bertz CT molecular complexity index is 1070. The second-order valence-electron chi connectivity index (χ2n) is 5.93. The van der Waals surface area contributed by atoms with Crippen molar-refractivity contribution >= 4 is 17.0 Å². The zero-order valence-electron chi connectivity index (χ0n) is 13.1. The molecular formula is C18H13N5O2. The lowest BCUT2D eigenvalue weighted by Gasteiger charge is -2.32. The van der Waals surface area contributed by atoms with Gasteiger partial charge in [0.25, 0.3) is 6.01 Å². The zero-order chi connectivity index (χ0) is 16.8. The minimum Gasteiger partial charge on any atom is -0.458 e. The van der Waals surface area contributed by atoms with E-state index in [9.17, 15) is 0 Å². The topological polar surface area (TPSA) is 94.9 Å². The van der Waals surface area contributed by atoms with E-state index in [0.717, 1.165) is 34.5 Å². The number of oxazole rings is 1. The van der Waals surface area contributed by atoms with Crippen molar-refractivity contribution in [3.8, 4) is 6.07 Å². The van der Waals surface area contributed by atoms with Gasteiger partial charge in [0, 0.05) is 24.0 Å². The Morgan fingerprint density at radius 2 is 2.24 bits per heavy atom. The molecule has 0 bridgehead atoms. The van der Waals surface area contributed by atoms with Crippen LogP contribution in [0.2, 0.25) is 0 Å². The Morgan fingerprint density at radius 1 is 1.32 bits per heavy atom. The minimum atomic E-state index is -0.257. The van der Waals surface area contributed by atoms with E-state index in [0.29, 0.717) is 12.6 Å². The number of nitrogens with one attached hydrogen (secondary N) is 1. The molecule has 0 fully saturated rings. The van der Waals surface area contributed by atoms with Crippen molar-refractivity contribution in [1.82, 2.24) is 15.0 Å². The lowest BCUT2D eigenvalue weighted by atomic mass is 10.0. The second kappa shape index (κ2) is 5.24. The molecule has 0 spiro atoms. The summed E-state index contributed by atoms with van der Waals surface area (Å²) < 4.78 is 11.6. The first kappa shape index (κ1) is 13.9. The molecule has 0 saturated carbocycles. The maximum atomic E-state index is 9.03. The number of nitriles is 1. The highest BCUT2D eigenvalue weighted by molar-refractivity contribution is 5.78. The summed E-state index contributed by atoms with van der Waals surface area (Å²) in [6.07, 6.45) is 3.85. The van der Waals surface area contributed by atoms with Crippen molar-refractivity contribution in [1.29, 1.82) is 5.26 Å². The molecule has 7 nitrogen and oxygen atoms in total. The van der Waals surface area contributed by atoms with Gasteiger partial charge in [-0.3, -0.25) is 0 Å². The van der Waals surface area contributed by atoms with Crippen LogP contribution in [-0.2, 0) is 6.42 Å². The third-order valence-electron chi connectivity index (χ3n) is 4.49. The van der Waals surface area contributed by atoms with Gasteiger partial charge in [-0.1, -0.05) is 18.2 Å². The molecule has 1 N–H and O–H groups in total. The molecular weight excluding hydrogens is 318 g/mol. The largest absolute Gasteiger partial charge is 0.458 e. The van der Waals surface area contributed by atoms with Crippen molar-refractivity contribution in [2.75, 3.05) is 11.4 Å². The van der Waals surface area contributed by atoms with Crippen LogP contribution >= 0.6 is 0 Å². The molecule has 25 heavy (non-hydrogen) atoms. The standard InChI is InChI=1S/C18H13N5O2/c19-8-12-9-24-18(22-12)23-6-5-13-16(21-10-20-13)17(23)15-7-11-3-1-2-4-14(11)25-15/h1-4,7,9-10,17H,5-6H2,(H,20,21)/t17-/m1/s1. The fourth-order valence-electron chi connectivity index (χ4n) is 3.36. The monoisotopic (exact) mass is 331 g/mol. The van der Waals surface area contributed by atoms with Crippen LogP contribution in [0, 0.1) is 11.3 Å². The van der Waals surface area contributed by atoms with Gasteiger partial charge >= 0.3 is 0 Å². The number of fused-ring (bicyclic) bond motifs is 2. The van der Waals surface area contributed by atoms with Crippen molar-refractivity contribution in [2.24, 2.45) is 0 Å². The number of H-pyrrole nitrogens is 1. The van der Waals surface area contributed by atoms with E-state index < -0.39 is 0 Å². The van der Waals surface area contributed by atoms with E-state index in [-0.39, 0.29) is 11.7 Å². The lowest BCUT2D eigenvalue weighted by molar-refractivity contribution is 0.450. The van der Waals surface area contributed by atoms with Crippen LogP contribution in [0.5, 0.6) is 0 Å². The summed E-state index contributed by atoms with van der Waals surface area (Å²) in [5.74, 6) is 0.769. The van der Waals surface area contributed by atoms with Crippen molar-refractivity contribution in [3.05, 3.63) is 65.8 Å². The minimum absolute atomic E-state index is 0.256. The highest BCUT2D eigenvalue weighted by Gasteiger charge is 2.36. The molecule has 7 heteroatoms. The first-order valence-electron chi connectivity index (χ1n) is 7.96. The van der Waals surface area contributed by atoms with Crippen molar-refractivity contribution in [3.63, 3.8) is 0 Å². The Kier molecular flexibility index (Phi) is 2.91. The fraction of sp³-hybridized carbons (Fsp3) is 0.167. The predicted molar refractivity (Wildman–Crippen MR) is 88.9 cm³/mol. The Hall–Kier alpha value is -3.53. The summed E-state index contributed by atoms with van der Waals surface area (Å²) in [7, 11) is 0. The van der Waals surface area contributed by atoms with Crippen molar-refractivity contribution in [2.45, 2.75) is 12.5 Å². The maximum absolute atomic E-state index is 9.03. The molecule has 0 radical (unpaired) electrons. The molecule has 0 unspecified atom stereocenters. The van der Waals surface area contributed by atoms with Crippen LogP contribution < -0.4 is 4.90 Å². The molecule has 1 aromatic carbocycles. The average molecular weight is 331 g/mol. The van der Waals surface area contributed by atoms with Gasteiger partial charge < -0.3 is 18.7 Å². The third-order valence-corrected chi connectivity index (χ3v) is 4.49. The summed E-state index contributed by atoms with van der Waals surface area (Å²) in [4.78, 5) is 13.9. The molecule has 0 aliphatic carbocycles. The first-order chi connectivity index (χ1) is 12.3. The van der Waals surface area contributed by atoms with E-state index in [2.05, 4.69) is 15.0 Å². The van der Waals surface area contributed by atoms with Gasteiger partial charge in [-0.15, -0.1) is 0 Å². The van der Waals surface area contributed by atoms with Crippen LogP contribution in [0.3, 0.4) is 0 Å². The number of hydrogen-bond acceptors (Lipinski definition) is 6. The normalized spacial score (nSPS) is 16.8. The molecule has 4 aromatic rings. The van der Waals surface area contributed by atoms with Gasteiger partial charge in [-0.05, 0) is 12.1 Å². The molecule has 3 aromatic heterocycles. The SMILES string of the molecule is N#Cc1coc(N2CCc3[nH]cnc3[C@H]2c2cc3ccccc3o2)n1. The zero-order valence-corrected chi connectivity index (χ0v) is 13.1. The number of para-hydroxylation sites is 1. The van der Waals surface area contributed by atoms with E-state index in [1.165, 1.54) is 6.26 Å². The molecule has 5 rings (SSSR count). The third kappa shape index (κ3) is 2.11. The number of nitrogens with zero attached hydrogens (tertiary/aromatic N) is 4. The average Bonchev–Trinajstić information content (AvgIpc) is 3.37. The van der Waals surface area contributed by atoms with Gasteiger partial charge in [0.05, 0.1) is 12.0 Å². The van der Waals surface area contributed by atoms with Crippen LogP contribution in [-0.4, -0.2) is 21.5 Å². The van der Waals surface area contributed by atoms with Crippen molar-refractivity contribution < 1.29 is 8.83 Å². The summed E-state index contributed by atoms with van der Waals surface area (Å²) in [5, 5.41) is 10.1. The Balaban J connectivity index is 1.67. The van der Waals surface area contributed by atoms with E-state index in [1.807, 2.05) is 41.3 Å². The number of rotatable bonds is 2. The Labute approximate surface area is 142 Å². The van der Waals surface area contributed by atoms with Gasteiger partial charge in [0.1, 0.15) is 29.7 Å². The van der Waals surface area contributed by atoms with Crippen LogP contribution in [0.1, 0.15) is 28.9 Å². The van der Waals surface area contributed by atoms with E-state index in [4.69, 9.17) is 14.1 Å². The van der Waals surface area contributed by atoms with Crippen LogP contribution in [0.4, 0.5) is 6.01 Å². The first-order valence-corrected chi connectivity index (χ1v) is 7.96. The van der Waals surface area contributed by atoms with Gasteiger partial charge in [0.15, 0.2) is 5.69 Å². The van der Waals surface area contributed by atoms with Gasteiger partial charge in [0.2, 0.25) is 0 Å². The van der Waals surface area contributed by atoms with E-state index in [1.54, 1.807) is 6.33 Å². The molecule has 1 aliphatic heterocycles. The fourth-order valence-corrected chi connectivity index (χ4v) is 3.36. The number of furan rings is 1. The maximum Gasteiger partial charge on any atom is 0.299 e. The van der Waals surface area contributed by atoms with Gasteiger partial charge in [-0.25, -0.2) is 4.98 Å². The number of aromatic nitrogens is 3. The summed E-state index contributed by atoms with van der Waals surface area (Å²) >= 11 is 0. The summed E-state index contributed by atoms with van der Waals surface area (Å²) in [6.45, 7) is 0.683. The molecule has 1 aliphatic rings. The molecule has 0 amide bonds. The van der Waals surface area contributed by atoms with Crippen LogP contribution in [0.25, 0.3) is 11.0 Å². The number of aromatic amines is 1. The summed E-state index contributed by atoms with van der Waals surface area (Å²) in [5.41, 5.74) is 3.05. The number of benzene rings is 1. The second-order valence-corrected chi connectivity index (χ2v) is 5.93. The van der Waals surface area contributed by atoms with Crippen LogP contribution in [0.15, 0.2) is 51.8 Å². The summed E-state index contributed by atoms with van der Waals surface area (Å²) in [6, 6.07) is 12.0. The Morgan fingerprint density at radius 3 is 3.08 bits per heavy atom. The number of imidazole rings is 1. The molecule has 1 atom stereocenters. The number of anilines is 1. The molecule has 122 valence electrons. The van der Waals surface area contributed by atoms with Gasteiger partial charge in [-0.2, -0.15) is 10.2 Å². The molecule has 4 heterocycles. The number of hydrogen-bond donors (Lipinski definition) is 1. The highest BCUT2D eigenvalue weighted by Crippen LogP contribution is 2.38. The van der Waals surface area contributed by atoms with E-state index >= 15 is 0 Å². The predicted octanol–water partition coefficient (Wildman–Crippen LogP) is 3.17. The molecule has 0 saturated heterocycles. The lowest BCUT2D eigenvalue weighted by Crippen LogP contribution is -2.36. The smallest absolute Gasteiger partial charge is 0.299 e. The quantitative estimate of drug-likeness (QED) is 0.606.